The van der Waals surface area contributed by atoms with Crippen LogP contribution in [0.2, 0.25) is 0 Å². The minimum atomic E-state index is -0.674. The Hall–Kier alpha value is -1.95. The molecule has 0 saturated heterocycles. The fourth-order valence-electron chi connectivity index (χ4n) is 1.80. The van der Waals surface area contributed by atoms with Crippen molar-refractivity contribution in [3.63, 3.8) is 0 Å². The molecule has 2 rings (SSSR count). The molecular weight excluding hydrogens is 344 g/mol. The summed E-state index contributed by atoms with van der Waals surface area (Å²) >= 11 is 3.17. The van der Waals surface area contributed by atoms with Crippen molar-refractivity contribution in [2.45, 2.75) is 6.54 Å². The molecule has 6 heteroatoms. The first kappa shape index (κ1) is 15.4. The van der Waals surface area contributed by atoms with Crippen LogP contribution >= 0.6 is 15.9 Å². The second-order valence-electron chi connectivity index (χ2n) is 4.31. The summed E-state index contributed by atoms with van der Waals surface area (Å²) < 4.78 is 32.4. The summed E-state index contributed by atoms with van der Waals surface area (Å²) in [7, 11) is 1.41. The Morgan fingerprint density at radius 1 is 1.24 bits per heavy atom. The SMILES string of the molecule is COc1ccc(C(=O)NCc2cc(F)cc(Br)c2)c(F)c1. The van der Waals surface area contributed by atoms with E-state index >= 15 is 0 Å². The number of amides is 1. The molecule has 1 amide bonds. The number of nitrogens with one attached hydrogen (secondary N) is 1. The Kier molecular flexibility index (Phi) is 4.90. The molecule has 0 aromatic heterocycles. The van der Waals surface area contributed by atoms with Crippen LogP contribution in [0.3, 0.4) is 0 Å². The summed E-state index contributed by atoms with van der Waals surface area (Å²) in [5, 5.41) is 2.54. The van der Waals surface area contributed by atoms with E-state index in [4.69, 9.17) is 4.74 Å². The first-order valence-electron chi connectivity index (χ1n) is 6.06. The lowest BCUT2D eigenvalue weighted by atomic mass is 10.1. The van der Waals surface area contributed by atoms with Crippen LogP contribution in [0.15, 0.2) is 40.9 Å². The number of carbonyl (C=O) groups is 1. The van der Waals surface area contributed by atoms with Crippen molar-refractivity contribution >= 4 is 21.8 Å². The van der Waals surface area contributed by atoms with Crippen LogP contribution in [0.25, 0.3) is 0 Å². The van der Waals surface area contributed by atoms with E-state index in [-0.39, 0.29) is 12.1 Å². The van der Waals surface area contributed by atoms with E-state index in [0.717, 1.165) is 6.07 Å². The number of halogens is 3. The van der Waals surface area contributed by atoms with E-state index in [1.807, 2.05) is 0 Å². The van der Waals surface area contributed by atoms with Gasteiger partial charge in [-0.2, -0.15) is 0 Å². The fourth-order valence-corrected chi connectivity index (χ4v) is 2.31. The van der Waals surface area contributed by atoms with Gasteiger partial charge < -0.3 is 10.1 Å². The number of methoxy groups -OCH3 is 1. The largest absolute Gasteiger partial charge is 0.497 e. The summed E-state index contributed by atoms with van der Waals surface area (Å²) in [6.45, 7) is 0.0979. The van der Waals surface area contributed by atoms with Gasteiger partial charge >= 0.3 is 0 Å². The highest BCUT2D eigenvalue weighted by Crippen LogP contribution is 2.17. The average Bonchev–Trinajstić information content (AvgIpc) is 2.43. The third kappa shape index (κ3) is 4.01. The highest BCUT2D eigenvalue weighted by atomic mass is 79.9. The van der Waals surface area contributed by atoms with Crippen molar-refractivity contribution in [2.24, 2.45) is 0 Å². The first-order chi connectivity index (χ1) is 9.99. The number of hydrogen-bond donors (Lipinski definition) is 1. The molecule has 3 nitrogen and oxygen atoms in total. The summed E-state index contributed by atoms with van der Waals surface area (Å²) in [5.41, 5.74) is 0.482. The second-order valence-corrected chi connectivity index (χ2v) is 5.22. The molecule has 0 saturated carbocycles. The Morgan fingerprint density at radius 2 is 2.00 bits per heavy atom. The monoisotopic (exact) mass is 355 g/mol. The Morgan fingerprint density at radius 3 is 2.62 bits per heavy atom. The molecule has 0 aliphatic heterocycles. The van der Waals surface area contributed by atoms with E-state index in [2.05, 4.69) is 21.2 Å². The Balaban J connectivity index is 2.08. The molecule has 0 fully saturated rings. The van der Waals surface area contributed by atoms with Crippen molar-refractivity contribution in [1.82, 2.24) is 5.32 Å². The van der Waals surface area contributed by atoms with Crippen LogP contribution in [-0.4, -0.2) is 13.0 Å². The number of hydrogen-bond acceptors (Lipinski definition) is 2. The minimum Gasteiger partial charge on any atom is -0.497 e. The number of rotatable bonds is 4. The van der Waals surface area contributed by atoms with Gasteiger partial charge in [0.2, 0.25) is 0 Å². The van der Waals surface area contributed by atoms with Gasteiger partial charge in [-0.15, -0.1) is 0 Å². The molecule has 2 aromatic rings. The molecule has 0 spiro atoms. The zero-order chi connectivity index (χ0) is 15.4. The van der Waals surface area contributed by atoms with Crippen molar-refractivity contribution in [3.8, 4) is 5.75 Å². The maximum atomic E-state index is 13.7. The van der Waals surface area contributed by atoms with Gasteiger partial charge in [0.1, 0.15) is 17.4 Å². The van der Waals surface area contributed by atoms with Gasteiger partial charge in [0.05, 0.1) is 12.7 Å². The van der Waals surface area contributed by atoms with Crippen LogP contribution in [0.1, 0.15) is 15.9 Å². The van der Waals surface area contributed by atoms with Gasteiger partial charge in [-0.05, 0) is 35.9 Å². The number of ether oxygens (including phenoxy) is 1. The predicted molar refractivity (Wildman–Crippen MR) is 78.2 cm³/mol. The molecule has 0 bridgehead atoms. The molecule has 0 radical (unpaired) electrons. The zero-order valence-corrected chi connectivity index (χ0v) is 12.7. The van der Waals surface area contributed by atoms with Crippen LogP contribution in [0.4, 0.5) is 8.78 Å². The van der Waals surface area contributed by atoms with E-state index in [0.29, 0.717) is 15.8 Å². The second kappa shape index (κ2) is 6.67. The molecule has 2 aromatic carbocycles. The average molecular weight is 356 g/mol. The molecule has 0 atom stereocenters. The smallest absolute Gasteiger partial charge is 0.254 e. The van der Waals surface area contributed by atoms with Crippen LogP contribution < -0.4 is 10.1 Å². The summed E-state index contributed by atoms with van der Waals surface area (Å²) in [5.74, 6) is -1.33. The van der Waals surface area contributed by atoms with E-state index in [9.17, 15) is 13.6 Å². The summed E-state index contributed by atoms with van der Waals surface area (Å²) in [6, 6.07) is 8.26. The van der Waals surface area contributed by atoms with Crippen LogP contribution in [0.5, 0.6) is 5.75 Å². The van der Waals surface area contributed by atoms with Gasteiger partial charge in [-0.1, -0.05) is 15.9 Å². The van der Waals surface area contributed by atoms with E-state index < -0.39 is 17.5 Å². The van der Waals surface area contributed by atoms with Crippen molar-refractivity contribution in [3.05, 3.63) is 63.6 Å². The molecular formula is C15H12BrF2NO2. The lowest BCUT2D eigenvalue weighted by Gasteiger charge is -2.08. The van der Waals surface area contributed by atoms with Crippen molar-refractivity contribution < 1.29 is 18.3 Å². The third-order valence-electron chi connectivity index (χ3n) is 2.80. The van der Waals surface area contributed by atoms with Gasteiger partial charge in [0, 0.05) is 17.1 Å². The molecule has 0 aliphatic rings. The molecule has 0 aliphatic carbocycles. The highest BCUT2D eigenvalue weighted by Gasteiger charge is 2.12. The quantitative estimate of drug-likeness (QED) is 0.908. The topological polar surface area (TPSA) is 38.3 Å². The molecule has 110 valence electrons. The fraction of sp³-hybridized carbons (Fsp3) is 0.133. The lowest BCUT2D eigenvalue weighted by molar-refractivity contribution is 0.0946. The maximum Gasteiger partial charge on any atom is 0.254 e. The van der Waals surface area contributed by atoms with Crippen LogP contribution in [-0.2, 0) is 6.54 Å². The molecule has 21 heavy (non-hydrogen) atoms. The van der Waals surface area contributed by atoms with Gasteiger partial charge in [0.25, 0.3) is 5.91 Å². The molecule has 0 unspecified atom stereocenters. The Bertz CT molecular complexity index is 656. The van der Waals surface area contributed by atoms with Gasteiger partial charge in [-0.25, -0.2) is 8.78 Å². The van der Waals surface area contributed by atoms with Gasteiger partial charge in [-0.3, -0.25) is 4.79 Å². The highest BCUT2D eigenvalue weighted by molar-refractivity contribution is 9.10. The number of benzene rings is 2. The Labute approximate surface area is 129 Å². The molecule has 0 heterocycles. The van der Waals surface area contributed by atoms with Crippen LogP contribution in [0, 0.1) is 11.6 Å². The third-order valence-corrected chi connectivity index (χ3v) is 3.25. The maximum absolute atomic E-state index is 13.7. The van der Waals surface area contributed by atoms with Crippen molar-refractivity contribution in [2.75, 3.05) is 7.11 Å². The standard InChI is InChI=1S/C15H12BrF2NO2/c1-21-12-2-3-13(14(18)7-12)15(20)19-8-9-4-10(16)6-11(17)5-9/h2-7H,8H2,1H3,(H,19,20). The first-order valence-corrected chi connectivity index (χ1v) is 6.85. The number of carbonyl (C=O) groups excluding carboxylic acids is 1. The van der Waals surface area contributed by atoms with E-state index in [1.54, 1.807) is 6.07 Å². The normalized spacial score (nSPS) is 10.3. The minimum absolute atomic E-state index is 0.0914. The van der Waals surface area contributed by atoms with E-state index in [1.165, 1.54) is 31.4 Å². The summed E-state index contributed by atoms with van der Waals surface area (Å²) in [6.07, 6.45) is 0. The zero-order valence-electron chi connectivity index (χ0n) is 11.1. The predicted octanol–water partition coefficient (Wildman–Crippen LogP) is 3.67. The molecule has 1 N–H and O–H groups in total. The van der Waals surface area contributed by atoms with Gasteiger partial charge in [0.15, 0.2) is 0 Å². The summed E-state index contributed by atoms with van der Waals surface area (Å²) in [4.78, 5) is 11.9. The van der Waals surface area contributed by atoms with Crippen molar-refractivity contribution in [1.29, 1.82) is 0 Å². The lowest BCUT2D eigenvalue weighted by Crippen LogP contribution is -2.23.